The molecule has 1 heterocycles. The number of benzene rings is 1. The average molecular weight is 254 g/mol. The minimum absolute atomic E-state index is 0.169. The van der Waals surface area contributed by atoms with Gasteiger partial charge in [0.15, 0.2) is 0 Å². The summed E-state index contributed by atoms with van der Waals surface area (Å²) in [7, 11) is 0. The van der Waals surface area contributed by atoms with Crippen molar-refractivity contribution in [2.24, 2.45) is 0 Å². The molecule has 0 amide bonds. The third-order valence-electron chi connectivity index (χ3n) is 2.37. The largest absolute Gasteiger partial charge is 0.491 e. The first-order valence-corrected chi connectivity index (χ1v) is 5.97. The Kier molecular flexibility index (Phi) is 5.41. The van der Waals surface area contributed by atoms with Gasteiger partial charge in [-0.15, -0.1) is 0 Å². The Hall–Kier alpha value is -1.14. The second kappa shape index (κ2) is 7.33. The minimum Gasteiger partial charge on any atom is -0.491 e. The molecule has 18 heavy (non-hydrogen) atoms. The van der Waals surface area contributed by atoms with E-state index in [0.717, 1.165) is 12.4 Å². The number of aliphatic hydroxyl groups is 1. The highest BCUT2D eigenvalue weighted by atomic mass is 16.7. The molecule has 0 radical (unpaired) electrons. The normalized spacial score (nSPS) is 19.5. The van der Waals surface area contributed by atoms with Crippen molar-refractivity contribution in [2.75, 3.05) is 33.2 Å². The van der Waals surface area contributed by atoms with E-state index in [2.05, 4.69) is 0 Å². The molecule has 0 saturated carbocycles. The van der Waals surface area contributed by atoms with Crippen LogP contribution in [0.4, 0.5) is 0 Å². The Morgan fingerprint density at radius 3 is 2.72 bits per heavy atom. The zero-order valence-corrected chi connectivity index (χ0v) is 10.2. The summed E-state index contributed by atoms with van der Waals surface area (Å²) in [6.07, 6.45) is -0.425. The van der Waals surface area contributed by atoms with Crippen molar-refractivity contribution < 1.29 is 24.1 Å². The van der Waals surface area contributed by atoms with Crippen molar-refractivity contribution in [3.63, 3.8) is 0 Å². The van der Waals surface area contributed by atoms with Gasteiger partial charge >= 0.3 is 0 Å². The maximum atomic E-state index is 9.60. The highest BCUT2D eigenvalue weighted by molar-refractivity contribution is 5.20. The van der Waals surface area contributed by atoms with E-state index in [1.165, 1.54) is 0 Å². The predicted octanol–water partition coefficient (Wildman–Crippen LogP) is 0.816. The number of epoxide rings is 1. The summed E-state index contributed by atoms with van der Waals surface area (Å²) >= 11 is 0. The van der Waals surface area contributed by atoms with E-state index >= 15 is 0 Å². The Labute approximate surface area is 106 Å². The Morgan fingerprint density at radius 2 is 2.00 bits per heavy atom. The van der Waals surface area contributed by atoms with Crippen LogP contribution in [0.1, 0.15) is 0 Å². The fourth-order valence-electron chi connectivity index (χ4n) is 1.34. The highest BCUT2D eigenvalue weighted by Gasteiger charge is 2.22. The van der Waals surface area contributed by atoms with Gasteiger partial charge in [0, 0.05) is 0 Å². The topological polar surface area (TPSA) is 60.5 Å². The van der Waals surface area contributed by atoms with Gasteiger partial charge in [0.05, 0.1) is 19.8 Å². The molecular weight excluding hydrogens is 236 g/mol. The van der Waals surface area contributed by atoms with Crippen molar-refractivity contribution in [3.05, 3.63) is 30.3 Å². The van der Waals surface area contributed by atoms with Crippen LogP contribution in [-0.2, 0) is 14.2 Å². The van der Waals surface area contributed by atoms with Crippen molar-refractivity contribution in [2.45, 2.75) is 12.2 Å². The van der Waals surface area contributed by atoms with Crippen LogP contribution in [0.15, 0.2) is 30.3 Å². The number of ether oxygens (including phenoxy) is 4. The molecule has 2 rings (SSSR count). The van der Waals surface area contributed by atoms with Gasteiger partial charge in [-0.2, -0.15) is 0 Å². The van der Waals surface area contributed by atoms with Crippen LogP contribution in [-0.4, -0.2) is 50.5 Å². The molecule has 2 atom stereocenters. The summed E-state index contributed by atoms with van der Waals surface area (Å²) in [5, 5.41) is 9.60. The molecule has 0 aliphatic carbocycles. The zero-order valence-electron chi connectivity index (χ0n) is 10.2. The minimum atomic E-state index is -0.661. The summed E-state index contributed by atoms with van der Waals surface area (Å²) < 4.78 is 20.7. The molecule has 1 aliphatic rings. The van der Waals surface area contributed by atoms with Gasteiger partial charge in [-0.05, 0) is 12.1 Å². The number of hydrogen-bond donors (Lipinski definition) is 1. The van der Waals surface area contributed by atoms with Crippen LogP contribution in [0.3, 0.4) is 0 Å². The first-order valence-electron chi connectivity index (χ1n) is 5.97. The molecule has 0 bridgehead atoms. The smallest absolute Gasteiger partial charge is 0.146 e. The van der Waals surface area contributed by atoms with Gasteiger partial charge in [0.25, 0.3) is 0 Å². The standard InChI is InChI=1S/C13H18O5/c14-11(6-15-10-16-8-13-9-18-13)7-17-12-4-2-1-3-5-12/h1-5,11,13-14H,6-10H2. The fraction of sp³-hybridized carbons (Fsp3) is 0.538. The van der Waals surface area contributed by atoms with Crippen molar-refractivity contribution in [1.29, 1.82) is 0 Å². The van der Waals surface area contributed by atoms with Crippen molar-refractivity contribution in [1.82, 2.24) is 0 Å². The van der Waals surface area contributed by atoms with Crippen LogP contribution in [0, 0.1) is 0 Å². The van der Waals surface area contributed by atoms with E-state index in [1.807, 2.05) is 30.3 Å². The molecule has 1 fully saturated rings. The SMILES string of the molecule is OC(COCOCC1CO1)COc1ccccc1. The van der Waals surface area contributed by atoms with Crippen molar-refractivity contribution >= 4 is 0 Å². The molecule has 1 N–H and O–H groups in total. The van der Waals surface area contributed by atoms with E-state index in [-0.39, 0.29) is 26.1 Å². The molecular formula is C13H18O5. The number of para-hydroxylation sites is 1. The molecule has 0 aromatic heterocycles. The lowest BCUT2D eigenvalue weighted by Gasteiger charge is -2.12. The second-order valence-corrected chi connectivity index (χ2v) is 4.09. The third kappa shape index (κ3) is 5.46. The number of rotatable bonds is 9. The fourth-order valence-corrected chi connectivity index (χ4v) is 1.34. The Balaban J connectivity index is 1.47. The average Bonchev–Trinajstić information content (AvgIpc) is 3.21. The van der Waals surface area contributed by atoms with Crippen molar-refractivity contribution in [3.8, 4) is 5.75 Å². The van der Waals surface area contributed by atoms with Gasteiger partial charge in [-0.3, -0.25) is 0 Å². The highest BCUT2D eigenvalue weighted by Crippen LogP contribution is 2.09. The molecule has 1 saturated heterocycles. The lowest BCUT2D eigenvalue weighted by Crippen LogP contribution is -2.24. The predicted molar refractivity (Wildman–Crippen MR) is 64.5 cm³/mol. The maximum absolute atomic E-state index is 9.60. The first kappa shape index (κ1) is 13.3. The lowest BCUT2D eigenvalue weighted by molar-refractivity contribution is -0.0865. The zero-order chi connectivity index (χ0) is 12.6. The summed E-state index contributed by atoms with van der Waals surface area (Å²) in [4.78, 5) is 0. The first-order chi connectivity index (χ1) is 8.84. The molecule has 1 aromatic rings. The van der Waals surface area contributed by atoms with Gasteiger partial charge < -0.3 is 24.1 Å². The summed E-state index contributed by atoms with van der Waals surface area (Å²) in [5.74, 6) is 0.735. The Bertz CT molecular complexity index is 325. The molecule has 100 valence electrons. The third-order valence-corrected chi connectivity index (χ3v) is 2.37. The van der Waals surface area contributed by atoms with E-state index in [1.54, 1.807) is 0 Å². The van der Waals surface area contributed by atoms with Crippen LogP contribution in [0.2, 0.25) is 0 Å². The number of hydrogen-bond acceptors (Lipinski definition) is 5. The summed E-state index contributed by atoms with van der Waals surface area (Å²) in [6.45, 7) is 1.89. The lowest BCUT2D eigenvalue weighted by atomic mass is 10.3. The summed E-state index contributed by atoms with van der Waals surface area (Å²) in [5.41, 5.74) is 0. The van der Waals surface area contributed by atoms with Gasteiger partial charge in [-0.1, -0.05) is 18.2 Å². The van der Waals surface area contributed by atoms with E-state index < -0.39 is 6.10 Å². The van der Waals surface area contributed by atoms with E-state index in [4.69, 9.17) is 18.9 Å². The Morgan fingerprint density at radius 1 is 1.22 bits per heavy atom. The van der Waals surface area contributed by atoms with Crippen LogP contribution in [0.5, 0.6) is 5.75 Å². The van der Waals surface area contributed by atoms with Gasteiger partial charge in [0.1, 0.15) is 31.4 Å². The number of aliphatic hydroxyl groups excluding tert-OH is 1. The second-order valence-electron chi connectivity index (χ2n) is 4.09. The maximum Gasteiger partial charge on any atom is 0.146 e. The molecule has 5 nitrogen and oxygen atoms in total. The molecule has 5 heteroatoms. The molecule has 1 aromatic carbocycles. The monoisotopic (exact) mass is 254 g/mol. The van der Waals surface area contributed by atoms with E-state index in [0.29, 0.717) is 6.61 Å². The molecule has 0 spiro atoms. The quantitative estimate of drug-likeness (QED) is 0.401. The van der Waals surface area contributed by atoms with Crippen LogP contribution >= 0.6 is 0 Å². The van der Waals surface area contributed by atoms with Crippen LogP contribution in [0.25, 0.3) is 0 Å². The molecule has 2 unspecified atom stereocenters. The van der Waals surface area contributed by atoms with Gasteiger partial charge in [-0.25, -0.2) is 0 Å². The van der Waals surface area contributed by atoms with Crippen LogP contribution < -0.4 is 4.74 Å². The van der Waals surface area contributed by atoms with Gasteiger partial charge in [0.2, 0.25) is 0 Å². The van der Waals surface area contributed by atoms with E-state index in [9.17, 15) is 5.11 Å². The molecule has 1 aliphatic heterocycles. The summed E-state index contributed by atoms with van der Waals surface area (Å²) in [6, 6.07) is 9.35.